The van der Waals surface area contributed by atoms with E-state index >= 15 is 0 Å². The summed E-state index contributed by atoms with van der Waals surface area (Å²) in [5.74, 6) is 0.844. The molecule has 0 rings (SSSR count). The highest BCUT2D eigenvalue weighted by molar-refractivity contribution is 4.72. The fraction of sp³-hybridized carbons (Fsp3) is 0.857. The Labute approximate surface area is 102 Å². The van der Waals surface area contributed by atoms with Gasteiger partial charge in [-0.3, -0.25) is 0 Å². The molecular formula is C14H30N2. The molecule has 1 atom stereocenters. The van der Waals surface area contributed by atoms with E-state index in [1.165, 1.54) is 44.9 Å². The molecule has 0 aromatic heterocycles. The van der Waals surface area contributed by atoms with Crippen LogP contribution in [0.3, 0.4) is 0 Å². The summed E-state index contributed by atoms with van der Waals surface area (Å²) < 4.78 is 0. The van der Waals surface area contributed by atoms with Crippen LogP contribution >= 0.6 is 0 Å². The van der Waals surface area contributed by atoms with Gasteiger partial charge in [-0.1, -0.05) is 25.8 Å². The molecule has 0 aliphatic heterocycles. The van der Waals surface area contributed by atoms with Crippen LogP contribution in [0.1, 0.15) is 51.9 Å². The van der Waals surface area contributed by atoms with Gasteiger partial charge < -0.3 is 11.1 Å². The van der Waals surface area contributed by atoms with Gasteiger partial charge >= 0.3 is 0 Å². The summed E-state index contributed by atoms with van der Waals surface area (Å²) in [6.45, 7) is 9.23. The topological polar surface area (TPSA) is 38.0 Å². The molecule has 16 heavy (non-hydrogen) atoms. The third kappa shape index (κ3) is 10.2. The van der Waals surface area contributed by atoms with Gasteiger partial charge in [-0.2, -0.15) is 0 Å². The van der Waals surface area contributed by atoms with E-state index in [0.717, 1.165) is 25.6 Å². The Kier molecular flexibility index (Phi) is 12.5. The van der Waals surface area contributed by atoms with Gasteiger partial charge in [0.1, 0.15) is 0 Å². The van der Waals surface area contributed by atoms with Crippen LogP contribution in [0.4, 0.5) is 0 Å². The van der Waals surface area contributed by atoms with Crippen molar-refractivity contribution in [3.05, 3.63) is 12.7 Å². The zero-order valence-corrected chi connectivity index (χ0v) is 11.0. The maximum absolute atomic E-state index is 5.44. The van der Waals surface area contributed by atoms with Crippen LogP contribution in [0.25, 0.3) is 0 Å². The summed E-state index contributed by atoms with van der Waals surface area (Å²) >= 11 is 0. The minimum atomic E-state index is 0.833. The van der Waals surface area contributed by atoms with Crippen molar-refractivity contribution in [3.8, 4) is 0 Å². The van der Waals surface area contributed by atoms with Gasteiger partial charge in [0.05, 0.1) is 0 Å². The summed E-state index contributed by atoms with van der Waals surface area (Å²) in [5, 5.41) is 3.50. The molecular weight excluding hydrogens is 196 g/mol. The van der Waals surface area contributed by atoms with E-state index in [2.05, 4.69) is 24.9 Å². The zero-order valence-electron chi connectivity index (χ0n) is 11.0. The molecule has 0 radical (unpaired) electrons. The molecule has 0 spiro atoms. The van der Waals surface area contributed by atoms with Crippen molar-refractivity contribution in [2.75, 3.05) is 19.6 Å². The average molecular weight is 226 g/mol. The van der Waals surface area contributed by atoms with Crippen LogP contribution in [0.15, 0.2) is 12.7 Å². The molecule has 96 valence electrons. The standard InChI is InChI=1S/C14H30N2/c1-3-9-14(4-2)10-8-13-16-12-7-5-6-11-15/h3,14,16H,1,4-13,15H2,2H3. The second kappa shape index (κ2) is 12.7. The quantitative estimate of drug-likeness (QED) is 0.396. The number of rotatable bonds is 12. The van der Waals surface area contributed by atoms with Gasteiger partial charge in [-0.15, -0.1) is 6.58 Å². The summed E-state index contributed by atoms with van der Waals surface area (Å²) in [6.07, 6.45) is 10.8. The van der Waals surface area contributed by atoms with Crippen molar-refractivity contribution in [1.29, 1.82) is 0 Å². The highest BCUT2D eigenvalue weighted by atomic mass is 14.8. The van der Waals surface area contributed by atoms with E-state index in [0.29, 0.717) is 0 Å². The van der Waals surface area contributed by atoms with E-state index in [4.69, 9.17) is 5.73 Å². The summed E-state index contributed by atoms with van der Waals surface area (Å²) in [6, 6.07) is 0. The van der Waals surface area contributed by atoms with Crippen LogP contribution in [0.2, 0.25) is 0 Å². The highest BCUT2D eigenvalue weighted by Gasteiger charge is 2.02. The molecule has 0 aromatic carbocycles. The first-order valence-corrected chi connectivity index (χ1v) is 6.86. The number of unbranched alkanes of at least 4 members (excludes halogenated alkanes) is 2. The van der Waals surface area contributed by atoms with Crippen molar-refractivity contribution in [1.82, 2.24) is 5.32 Å². The lowest BCUT2D eigenvalue weighted by molar-refractivity contribution is 0.448. The minimum absolute atomic E-state index is 0.833. The van der Waals surface area contributed by atoms with Gasteiger partial charge in [-0.05, 0) is 57.7 Å². The molecule has 2 heteroatoms. The molecule has 0 fully saturated rings. The van der Waals surface area contributed by atoms with Gasteiger partial charge in [0.15, 0.2) is 0 Å². The lowest BCUT2D eigenvalue weighted by Gasteiger charge is -2.12. The molecule has 2 nitrogen and oxygen atoms in total. The number of hydrogen-bond donors (Lipinski definition) is 2. The minimum Gasteiger partial charge on any atom is -0.330 e. The highest BCUT2D eigenvalue weighted by Crippen LogP contribution is 2.14. The normalized spacial score (nSPS) is 12.6. The van der Waals surface area contributed by atoms with Crippen LogP contribution in [0, 0.1) is 5.92 Å². The second-order valence-electron chi connectivity index (χ2n) is 4.54. The van der Waals surface area contributed by atoms with E-state index < -0.39 is 0 Å². The van der Waals surface area contributed by atoms with Crippen molar-refractivity contribution in [3.63, 3.8) is 0 Å². The summed E-state index contributed by atoms with van der Waals surface area (Å²) in [7, 11) is 0. The Bertz CT molecular complexity index is 146. The van der Waals surface area contributed by atoms with E-state index in [9.17, 15) is 0 Å². The Balaban J connectivity index is 3.15. The first-order valence-electron chi connectivity index (χ1n) is 6.86. The number of allylic oxidation sites excluding steroid dienone is 1. The number of nitrogens with two attached hydrogens (primary N) is 1. The van der Waals surface area contributed by atoms with Gasteiger partial charge in [-0.25, -0.2) is 0 Å². The lowest BCUT2D eigenvalue weighted by atomic mass is 9.97. The van der Waals surface area contributed by atoms with Gasteiger partial charge in [0.2, 0.25) is 0 Å². The second-order valence-corrected chi connectivity index (χ2v) is 4.54. The first kappa shape index (κ1) is 15.7. The maximum atomic E-state index is 5.44. The summed E-state index contributed by atoms with van der Waals surface area (Å²) in [5.41, 5.74) is 5.44. The molecule has 0 aliphatic carbocycles. The molecule has 0 aromatic rings. The molecule has 3 N–H and O–H groups in total. The van der Waals surface area contributed by atoms with Crippen molar-refractivity contribution >= 4 is 0 Å². The Morgan fingerprint density at radius 3 is 2.56 bits per heavy atom. The van der Waals surface area contributed by atoms with Crippen LogP contribution in [-0.4, -0.2) is 19.6 Å². The van der Waals surface area contributed by atoms with E-state index in [-0.39, 0.29) is 0 Å². The third-order valence-corrected chi connectivity index (χ3v) is 3.10. The Hall–Kier alpha value is -0.340. The maximum Gasteiger partial charge on any atom is -0.00488 e. The fourth-order valence-corrected chi connectivity index (χ4v) is 1.94. The molecule has 0 aliphatic rings. The summed E-state index contributed by atoms with van der Waals surface area (Å²) in [4.78, 5) is 0. The third-order valence-electron chi connectivity index (χ3n) is 3.10. The Morgan fingerprint density at radius 2 is 1.94 bits per heavy atom. The smallest absolute Gasteiger partial charge is 0.00488 e. The lowest BCUT2D eigenvalue weighted by Crippen LogP contribution is -2.17. The SMILES string of the molecule is C=CCC(CC)CCCNCCCCCN. The number of hydrogen-bond acceptors (Lipinski definition) is 2. The number of nitrogens with one attached hydrogen (secondary N) is 1. The van der Waals surface area contributed by atoms with E-state index in [1.807, 2.05) is 0 Å². The predicted molar refractivity (Wildman–Crippen MR) is 73.6 cm³/mol. The molecule has 1 unspecified atom stereocenters. The average Bonchev–Trinajstić information content (AvgIpc) is 2.31. The van der Waals surface area contributed by atoms with Crippen molar-refractivity contribution in [2.45, 2.75) is 51.9 Å². The Morgan fingerprint density at radius 1 is 1.19 bits per heavy atom. The largest absolute Gasteiger partial charge is 0.330 e. The van der Waals surface area contributed by atoms with E-state index in [1.54, 1.807) is 0 Å². The molecule has 0 bridgehead atoms. The molecule has 0 amide bonds. The predicted octanol–water partition coefficient (Wildman–Crippen LogP) is 3.09. The molecule has 0 heterocycles. The molecule has 0 saturated heterocycles. The van der Waals surface area contributed by atoms with Gasteiger partial charge in [0.25, 0.3) is 0 Å². The van der Waals surface area contributed by atoms with Crippen LogP contribution < -0.4 is 11.1 Å². The van der Waals surface area contributed by atoms with Gasteiger partial charge in [0, 0.05) is 0 Å². The van der Waals surface area contributed by atoms with Crippen LogP contribution in [0.5, 0.6) is 0 Å². The van der Waals surface area contributed by atoms with Crippen molar-refractivity contribution in [2.24, 2.45) is 11.7 Å². The molecule has 0 saturated carbocycles. The van der Waals surface area contributed by atoms with Crippen molar-refractivity contribution < 1.29 is 0 Å². The zero-order chi connectivity index (χ0) is 12.1. The first-order chi connectivity index (χ1) is 7.85. The fourth-order valence-electron chi connectivity index (χ4n) is 1.94. The van der Waals surface area contributed by atoms with Crippen LogP contribution in [-0.2, 0) is 0 Å². The monoisotopic (exact) mass is 226 g/mol.